The van der Waals surface area contributed by atoms with Crippen molar-refractivity contribution in [3.63, 3.8) is 0 Å². The molecule has 3 nitrogen and oxygen atoms in total. The van der Waals surface area contributed by atoms with Gasteiger partial charge in [-0.05, 0) is 42.0 Å². The molecule has 0 aliphatic carbocycles. The van der Waals surface area contributed by atoms with Crippen molar-refractivity contribution in [3.8, 4) is 0 Å². The molecule has 1 aromatic carbocycles. The van der Waals surface area contributed by atoms with E-state index in [9.17, 15) is 4.79 Å². The molecule has 2 N–H and O–H groups in total. The van der Waals surface area contributed by atoms with Crippen LogP contribution in [0.15, 0.2) is 41.8 Å². The Bertz CT molecular complexity index is 522. The van der Waals surface area contributed by atoms with Gasteiger partial charge in [-0.3, -0.25) is 0 Å². The van der Waals surface area contributed by atoms with Crippen molar-refractivity contribution in [3.05, 3.63) is 57.8 Å². The molecule has 0 bridgehead atoms. The molecule has 0 saturated carbocycles. The van der Waals surface area contributed by atoms with Crippen molar-refractivity contribution in [1.82, 2.24) is 5.32 Å². The second-order valence-corrected chi connectivity index (χ2v) is 5.26. The van der Waals surface area contributed by atoms with Crippen LogP contribution in [0.1, 0.15) is 27.2 Å². The van der Waals surface area contributed by atoms with Gasteiger partial charge in [0.05, 0.1) is 0 Å². The van der Waals surface area contributed by atoms with Gasteiger partial charge in [-0.2, -0.15) is 0 Å². The summed E-state index contributed by atoms with van der Waals surface area (Å²) in [5, 5.41) is 14.1. The number of rotatable bonds is 7. The molecule has 100 valence electrons. The third kappa shape index (κ3) is 4.19. The van der Waals surface area contributed by atoms with Crippen LogP contribution >= 0.6 is 11.3 Å². The maximum Gasteiger partial charge on any atom is 0.346 e. The number of hydrogen-bond donors (Lipinski definition) is 2. The number of aryl methyl sites for hydroxylation is 1. The first-order chi connectivity index (χ1) is 9.27. The SMILES string of the molecule is O=C(O)c1sccc1CNCCCc1ccccc1. The van der Waals surface area contributed by atoms with Crippen molar-refractivity contribution >= 4 is 17.3 Å². The van der Waals surface area contributed by atoms with Gasteiger partial charge in [0.15, 0.2) is 0 Å². The first kappa shape index (κ1) is 13.8. The molecule has 0 aliphatic rings. The molecule has 0 aliphatic heterocycles. The summed E-state index contributed by atoms with van der Waals surface area (Å²) in [6, 6.07) is 12.2. The standard InChI is InChI=1S/C15H17NO2S/c17-15(18)14-13(8-10-19-14)11-16-9-4-7-12-5-2-1-3-6-12/h1-3,5-6,8,10,16H,4,7,9,11H2,(H,17,18). The van der Waals surface area contributed by atoms with Crippen molar-refractivity contribution in [2.24, 2.45) is 0 Å². The summed E-state index contributed by atoms with van der Waals surface area (Å²) < 4.78 is 0. The van der Waals surface area contributed by atoms with Crippen LogP contribution in [-0.4, -0.2) is 17.6 Å². The summed E-state index contributed by atoms with van der Waals surface area (Å²) in [6.07, 6.45) is 2.10. The van der Waals surface area contributed by atoms with Crippen molar-refractivity contribution < 1.29 is 9.90 Å². The average molecular weight is 275 g/mol. The Morgan fingerprint density at radius 2 is 2.00 bits per heavy atom. The fourth-order valence-electron chi connectivity index (χ4n) is 1.95. The second-order valence-electron chi connectivity index (χ2n) is 4.35. The normalized spacial score (nSPS) is 10.5. The molecule has 0 unspecified atom stereocenters. The van der Waals surface area contributed by atoms with Gasteiger partial charge in [-0.15, -0.1) is 11.3 Å². The third-order valence-electron chi connectivity index (χ3n) is 2.92. The zero-order valence-corrected chi connectivity index (χ0v) is 11.5. The van der Waals surface area contributed by atoms with E-state index >= 15 is 0 Å². The van der Waals surface area contributed by atoms with Gasteiger partial charge in [0, 0.05) is 6.54 Å². The maximum absolute atomic E-state index is 10.9. The van der Waals surface area contributed by atoms with Crippen molar-refractivity contribution in [2.75, 3.05) is 6.54 Å². The molecular formula is C15H17NO2S. The predicted molar refractivity (Wildman–Crippen MR) is 77.7 cm³/mol. The Balaban J connectivity index is 1.70. The van der Waals surface area contributed by atoms with E-state index in [4.69, 9.17) is 5.11 Å². The minimum atomic E-state index is -0.837. The number of aromatic carboxylic acids is 1. The van der Waals surface area contributed by atoms with Crippen molar-refractivity contribution in [2.45, 2.75) is 19.4 Å². The highest BCUT2D eigenvalue weighted by molar-refractivity contribution is 7.12. The van der Waals surface area contributed by atoms with Crippen molar-refractivity contribution in [1.29, 1.82) is 0 Å². The van der Waals surface area contributed by atoms with Crippen LogP contribution in [0.5, 0.6) is 0 Å². The molecule has 2 aromatic rings. The van der Waals surface area contributed by atoms with E-state index in [1.165, 1.54) is 16.9 Å². The van der Waals surface area contributed by atoms with E-state index in [-0.39, 0.29) is 0 Å². The van der Waals surface area contributed by atoms with E-state index in [0.717, 1.165) is 24.9 Å². The first-order valence-corrected chi connectivity index (χ1v) is 7.19. The van der Waals surface area contributed by atoms with E-state index < -0.39 is 5.97 Å². The molecule has 0 radical (unpaired) electrons. The molecule has 1 aromatic heterocycles. The summed E-state index contributed by atoms with van der Waals surface area (Å²) in [5.41, 5.74) is 2.21. The number of benzene rings is 1. The van der Waals surface area contributed by atoms with Crippen LogP contribution < -0.4 is 5.32 Å². The lowest BCUT2D eigenvalue weighted by Gasteiger charge is -2.05. The summed E-state index contributed by atoms with van der Waals surface area (Å²) in [7, 11) is 0. The van der Waals surface area contributed by atoms with E-state index in [1.54, 1.807) is 0 Å². The van der Waals surface area contributed by atoms with Crippen LogP contribution in [0.3, 0.4) is 0 Å². The zero-order valence-electron chi connectivity index (χ0n) is 10.6. The van der Waals surface area contributed by atoms with Gasteiger partial charge in [-0.1, -0.05) is 30.3 Å². The molecule has 4 heteroatoms. The smallest absolute Gasteiger partial charge is 0.346 e. The van der Waals surface area contributed by atoms with Crippen LogP contribution in [0.4, 0.5) is 0 Å². The number of hydrogen-bond acceptors (Lipinski definition) is 3. The monoisotopic (exact) mass is 275 g/mol. The van der Waals surface area contributed by atoms with Gasteiger partial charge >= 0.3 is 5.97 Å². The highest BCUT2D eigenvalue weighted by Crippen LogP contribution is 2.16. The molecule has 2 rings (SSSR count). The van der Waals surface area contributed by atoms with Gasteiger partial charge in [0.1, 0.15) is 4.88 Å². The van der Waals surface area contributed by atoms with E-state index in [0.29, 0.717) is 11.4 Å². The summed E-state index contributed by atoms with van der Waals surface area (Å²) in [4.78, 5) is 11.4. The number of carbonyl (C=O) groups is 1. The predicted octanol–water partition coefficient (Wildman–Crippen LogP) is 3.17. The first-order valence-electron chi connectivity index (χ1n) is 6.31. The highest BCUT2D eigenvalue weighted by Gasteiger charge is 2.10. The molecule has 19 heavy (non-hydrogen) atoms. The Morgan fingerprint density at radius 1 is 1.21 bits per heavy atom. The third-order valence-corrected chi connectivity index (χ3v) is 3.86. The summed E-state index contributed by atoms with van der Waals surface area (Å²) >= 11 is 1.28. The minimum absolute atomic E-state index is 0.440. The highest BCUT2D eigenvalue weighted by atomic mass is 32.1. The number of nitrogens with one attached hydrogen (secondary N) is 1. The number of carboxylic acid groups (broad SMARTS) is 1. The van der Waals surface area contributed by atoms with E-state index in [2.05, 4.69) is 17.4 Å². The largest absolute Gasteiger partial charge is 0.477 e. The number of carboxylic acids is 1. The minimum Gasteiger partial charge on any atom is -0.477 e. The van der Waals surface area contributed by atoms with Crippen LogP contribution in [0, 0.1) is 0 Å². The average Bonchev–Trinajstić information content (AvgIpc) is 2.88. The lowest BCUT2D eigenvalue weighted by Crippen LogP contribution is -2.16. The Morgan fingerprint density at radius 3 is 2.74 bits per heavy atom. The zero-order chi connectivity index (χ0) is 13.5. The lowest BCUT2D eigenvalue weighted by atomic mass is 10.1. The summed E-state index contributed by atoms with van der Waals surface area (Å²) in [6.45, 7) is 1.52. The lowest BCUT2D eigenvalue weighted by molar-refractivity contribution is 0.0701. The molecule has 0 saturated heterocycles. The van der Waals surface area contributed by atoms with Crippen LogP contribution in [-0.2, 0) is 13.0 Å². The van der Waals surface area contributed by atoms with Gasteiger partial charge in [0.25, 0.3) is 0 Å². The van der Waals surface area contributed by atoms with Crippen LogP contribution in [0.2, 0.25) is 0 Å². The molecule has 0 spiro atoms. The van der Waals surface area contributed by atoms with E-state index in [1.807, 2.05) is 29.6 Å². The summed E-state index contributed by atoms with van der Waals surface area (Å²) in [5.74, 6) is -0.837. The molecule has 1 heterocycles. The Hall–Kier alpha value is -1.65. The molecular weight excluding hydrogens is 258 g/mol. The number of thiophene rings is 1. The van der Waals surface area contributed by atoms with Crippen LogP contribution in [0.25, 0.3) is 0 Å². The van der Waals surface area contributed by atoms with Gasteiger partial charge in [-0.25, -0.2) is 4.79 Å². The quantitative estimate of drug-likeness (QED) is 0.763. The topological polar surface area (TPSA) is 49.3 Å². The molecule has 0 atom stereocenters. The van der Waals surface area contributed by atoms with Gasteiger partial charge < -0.3 is 10.4 Å². The Kier molecular flexibility index (Phi) is 5.12. The fourth-order valence-corrected chi connectivity index (χ4v) is 2.71. The maximum atomic E-state index is 10.9. The van der Waals surface area contributed by atoms with Gasteiger partial charge in [0.2, 0.25) is 0 Å². The molecule has 0 fully saturated rings. The molecule has 0 amide bonds. The fraction of sp³-hybridized carbons (Fsp3) is 0.267. The Labute approximate surface area is 116 Å². The second kappa shape index (κ2) is 7.07.